The highest BCUT2D eigenvalue weighted by molar-refractivity contribution is 6.30. The molecule has 1 aromatic rings. The lowest BCUT2D eigenvalue weighted by atomic mass is 10.1. The highest BCUT2D eigenvalue weighted by Crippen LogP contribution is 2.22. The first-order valence-corrected chi connectivity index (χ1v) is 7.83. The molecule has 1 amide bonds. The smallest absolute Gasteiger partial charge is 0.222 e. The van der Waals surface area contributed by atoms with Crippen LogP contribution in [0.25, 0.3) is 0 Å². The molecule has 1 aliphatic rings. The largest absolute Gasteiger partial charge is 0.339 e. The van der Waals surface area contributed by atoms with Crippen molar-refractivity contribution in [2.24, 2.45) is 0 Å². The fourth-order valence-electron chi connectivity index (χ4n) is 2.79. The molecular formula is C16H23ClN2O. The first-order chi connectivity index (χ1) is 9.70. The summed E-state index contributed by atoms with van der Waals surface area (Å²) < 4.78 is 0. The standard InChI is InChI=1S/C16H23ClN2O/c1-2-18-10-8-15-6-7-16(20)19(15)11-9-13-4-3-5-14(17)12-13/h3-5,12,15,18H,2,6-11H2,1H3. The Morgan fingerprint density at radius 2 is 2.30 bits per heavy atom. The molecule has 0 aromatic heterocycles. The Morgan fingerprint density at radius 1 is 1.45 bits per heavy atom. The van der Waals surface area contributed by atoms with Crippen molar-refractivity contribution in [1.82, 2.24) is 10.2 Å². The number of benzene rings is 1. The highest BCUT2D eigenvalue weighted by Gasteiger charge is 2.29. The van der Waals surface area contributed by atoms with Crippen molar-refractivity contribution >= 4 is 17.5 Å². The maximum Gasteiger partial charge on any atom is 0.222 e. The maximum absolute atomic E-state index is 12.0. The number of hydrogen-bond donors (Lipinski definition) is 1. The van der Waals surface area contributed by atoms with Crippen LogP contribution in [0.2, 0.25) is 5.02 Å². The number of nitrogens with zero attached hydrogens (tertiary/aromatic N) is 1. The molecule has 0 aliphatic carbocycles. The molecule has 1 N–H and O–H groups in total. The van der Waals surface area contributed by atoms with Crippen LogP contribution in [0.3, 0.4) is 0 Å². The van der Waals surface area contributed by atoms with E-state index in [1.54, 1.807) is 0 Å². The fourth-order valence-corrected chi connectivity index (χ4v) is 3.00. The first kappa shape index (κ1) is 15.3. The zero-order valence-corrected chi connectivity index (χ0v) is 12.8. The van der Waals surface area contributed by atoms with Gasteiger partial charge in [-0.3, -0.25) is 4.79 Å². The van der Waals surface area contributed by atoms with Crippen molar-refractivity contribution in [2.45, 2.75) is 38.6 Å². The predicted molar refractivity (Wildman–Crippen MR) is 83.1 cm³/mol. The van der Waals surface area contributed by atoms with Crippen LogP contribution in [-0.2, 0) is 11.2 Å². The summed E-state index contributed by atoms with van der Waals surface area (Å²) >= 11 is 5.99. The second-order valence-corrected chi connectivity index (χ2v) is 5.74. The van der Waals surface area contributed by atoms with E-state index in [4.69, 9.17) is 11.6 Å². The van der Waals surface area contributed by atoms with Gasteiger partial charge in [-0.15, -0.1) is 0 Å². The van der Waals surface area contributed by atoms with Crippen LogP contribution < -0.4 is 5.32 Å². The van der Waals surface area contributed by atoms with Crippen LogP contribution in [0, 0.1) is 0 Å². The molecule has 4 heteroatoms. The molecule has 1 atom stereocenters. The van der Waals surface area contributed by atoms with Gasteiger partial charge in [0.2, 0.25) is 5.91 Å². The van der Waals surface area contributed by atoms with Gasteiger partial charge in [0.05, 0.1) is 0 Å². The molecule has 1 heterocycles. The minimum atomic E-state index is 0.300. The van der Waals surface area contributed by atoms with Crippen molar-refractivity contribution in [1.29, 1.82) is 0 Å². The van der Waals surface area contributed by atoms with Crippen LogP contribution in [-0.4, -0.2) is 36.5 Å². The van der Waals surface area contributed by atoms with Crippen LogP contribution in [0.15, 0.2) is 24.3 Å². The van der Waals surface area contributed by atoms with Crippen LogP contribution in [0.4, 0.5) is 0 Å². The summed E-state index contributed by atoms with van der Waals surface area (Å²) in [6, 6.07) is 8.30. The number of nitrogens with one attached hydrogen (secondary N) is 1. The average molecular weight is 295 g/mol. The lowest BCUT2D eigenvalue weighted by Gasteiger charge is -2.25. The molecule has 110 valence electrons. The van der Waals surface area contributed by atoms with Gasteiger partial charge < -0.3 is 10.2 Å². The van der Waals surface area contributed by atoms with Crippen molar-refractivity contribution in [2.75, 3.05) is 19.6 Å². The molecule has 1 fully saturated rings. The Morgan fingerprint density at radius 3 is 3.05 bits per heavy atom. The Labute approximate surface area is 126 Å². The van der Waals surface area contributed by atoms with E-state index in [1.165, 1.54) is 5.56 Å². The number of halogens is 1. The van der Waals surface area contributed by atoms with Gasteiger partial charge in [-0.1, -0.05) is 30.7 Å². The van der Waals surface area contributed by atoms with Crippen molar-refractivity contribution in [3.05, 3.63) is 34.9 Å². The summed E-state index contributed by atoms with van der Waals surface area (Å²) in [6.07, 6.45) is 3.63. The average Bonchev–Trinajstić information content (AvgIpc) is 2.78. The summed E-state index contributed by atoms with van der Waals surface area (Å²) in [5.41, 5.74) is 1.20. The van der Waals surface area contributed by atoms with Gasteiger partial charge in [0.1, 0.15) is 0 Å². The number of carbonyl (C=O) groups excluding carboxylic acids is 1. The van der Waals surface area contributed by atoms with Gasteiger partial charge >= 0.3 is 0 Å². The van der Waals surface area contributed by atoms with Crippen LogP contribution >= 0.6 is 11.6 Å². The second-order valence-electron chi connectivity index (χ2n) is 5.30. The van der Waals surface area contributed by atoms with E-state index in [-0.39, 0.29) is 0 Å². The zero-order chi connectivity index (χ0) is 14.4. The predicted octanol–water partition coefficient (Wildman–Crippen LogP) is 2.87. The number of likely N-dealkylation sites (tertiary alicyclic amines) is 1. The second kappa shape index (κ2) is 7.65. The molecule has 0 saturated carbocycles. The molecule has 0 spiro atoms. The molecule has 1 saturated heterocycles. The van der Waals surface area contributed by atoms with Crippen LogP contribution in [0.5, 0.6) is 0 Å². The molecule has 3 nitrogen and oxygen atoms in total. The molecule has 1 aliphatic heterocycles. The lowest BCUT2D eigenvalue weighted by molar-refractivity contribution is -0.128. The van der Waals surface area contributed by atoms with Gasteiger partial charge in [0.15, 0.2) is 0 Å². The molecule has 0 bridgehead atoms. The lowest BCUT2D eigenvalue weighted by Crippen LogP contribution is -2.36. The van der Waals surface area contributed by atoms with Crippen molar-refractivity contribution < 1.29 is 4.79 Å². The van der Waals surface area contributed by atoms with Crippen molar-refractivity contribution in [3.8, 4) is 0 Å². The van der Waals surface area contributed by atoms with Crippen molar-refractivity contribution in [3.63, 3.8) is 0 Å². The fraction of sp³-hybridized carbons (Fsp3) is 0.562. The molecule has 2 rings (SSSR count). The Hall–Kier alpha value is -1.06. The minimum Gasteiger partial charge on any atom is -0.339 e. The summed E-state index contributed by atoms with van der Waals surface area (Å²) in [7, 11) is 0. The van der Waals surface area contributed by atoms with E-state index < -0.39 is 0 Å². The third-order valence-electron chi connectivity index (χ3n) is 3.89. The zero-order valence-electron chi connectivity index (χ0n) is 12.1. The number of rotatable bonds is 7. The van der Waals surface area contributed by atoms with E-state index in [2.05, 4.69) is 23.2 Å². The number of amides is 1. The van der Waals surface area contributed by atoms with E-state index in [0.29, 0.717) is 18.4 Å². The first-order valence-electron chi connectivity index (χ1n) is 7.45. The SMILES string of the molecule is CCNCCC1CCC(=O)N1CCc1cccc(Cl)c1. The summed E-state index contributed by atoms with van der Waals surface area (Å²) in [6.45, 7) is 4.89. The van der Waals surface area contributed by atoms with E-state index in [1.807, 2.05) is 18.2 Å². The Balaban J connectivity index is 1.87. The van der Waals surface area contributed by atoms with Gasteiger partial charge in [-0.25, -0.2) is 0 Å². The van der Waals surface area contributed by atoms with Gasteiger partial charge in [-0.05, 0) is 50.0 Å². The van der Waals surface area contributed by atoms with Gasteiger partial charge in [0.25, 0.3) is 0 Å². The monoisotopic (exact) mass is 294 g/mol. The number of hydrogen-bond acceptors (Lipinski definition) is 2. The minimum absolute atomic E-state index is 0.300. The topological polar surface area (TPSA) is 32.3 Å². The Kier molecular flexibility index (Phi) is 5.86. The van der Waals surface area contributed by atoms with Gasteiger partial charge in [-0.2, -0.15) is 0 Å². The molecule has 1 unspecified atom stereocenters. The molecule has 20 heavy (non-hydrogen) atoms. The van der Waals surface area contributed by atoms with Crippen LogP contribution in [0.1, 0.15) is 31.7 Å². The Bertz CT molecular complexity index is 450. The van der Waals surface area contributed by atoms with E-state index in [9.17, 15) is 4.79 Å². The number of carbonyl (C=O) groups is 1. The third kappa shape index (κ3) is 4.22. The maximum atomic E-state index is 12.0. The molecule has 0 radical (unpaired) electrons. The summed E-state index contributed by atoms with van der Waals surface area (Å²) in [5.74, 6) is 0.300. The third-order valence-corrected chi connectivity index (χ3v) is 4.12. The molecular weight excluding hydrogens is 272 g/mol. The van der Waals surface area contributed by atoms with E-state index in [0.717, 1.165) is 43.9 Å². The normalized spacial score (nSPS) is 18.8. The summed E-state index contributed by atoms with van der Waals surface area (Å²) in [4.78, 5) is 14.0. The van der Waals surface area contributed by atoms with E-state index >= 15 is 0 Å². The highest BCUT2D eigenvalue weighted by atomic mass is 35.5. The molecule has 1 aromatic carbocycles. The van der Waals surface area contributed by atoms with Gasteiger partial charge in [0, 0.05) is 24.0 Å². The quantitative estimate of drug-likeness (QED) is 0.784. The summed E-state index contributed by atoms with van der Waals surface area (Å²) in [5, 5.41) is 4.10.